The number of furan rings is 1. The van der Waals surface area contributed by atoms with Gasteiger partial charge >= 0.3 is 0 Å². The van der Waals surface area contributed by atoms with Gasteiger partial charge in [0.05, 0.1) is 12.0 Å². The summed E-state index contributed by atoms with van der Waals surface area (Å²) in [6, 6.07) is 4.71. The fraction of sp³-hybridized carbons (Fsp3) is 0.765. The molecule has 2 rings (SSSR count). The molecule has 3 heteroatoms. The Kier molecular flexibility index (Phi) is 5.62. The van der Waals surface area contributed by atoms with E-state index in [1.54, 1.807) is 6.26 Å². The van der Waals surface area contributed by atoms with E-state index in [-0.39, 0.29) is 0 Å². The quantitative estimate of drug-likeness (QED) is 0.823. The summed E-state index contributed by atoms with van der Waals surface area (Å²) >= 11 is 2.06. The van der Waals surface area contributed by atoms with E-state index in [1.807, 2.05) is 6.07 Å². The molecule has 2 nitrogen and oxygen atoms in total. The van der Waals surface area contributed by atoms with Crippen molar-refractivity contribution in [2.75, 3.05) is 7.05 Å². The van der Waals surface area contributed by atoms with E-state index in [0.717, 1.165) is 17.4 Å². The minimum Gasteiger partial charge on any atom is -0.468 e. The Labute approximate surface area is 128 Å². The smallest absolute Gasteiger partial charge is 0.113 e. The lowest BCUT2D eigenvalue weighted by Crippen LogP contribution is -2.43. The zero-order valence-electron chi connectivity index (χ0n) is 13.3. The van der Waals surface area contributed by atoms with Crippen LogP contribution in [-0.2, 0) is 5.75 Å². The van der Waals surface area contributed by atoms with E-state index < -0.39 is 0 Å². The predicted molar refractivity (Wildman–Crippen MR) is 88.1 cm³/mol. The fourth-order valence-corrected chi connectivity index (χ4v) is 4.64. The topological polar surface area (TPSA) is 25.2 Å². The van der Waals surface area contributed by atoms with Gasteiger partial charge in [0.1, 0.15) is 5.76 Å². The molecule has 1 aliphatic carbocycles. The first kappa shape index (κ1) is 16.0. The predicted octanol–water partition coefficient (Wildman–Crippen LogP) is 4.71. The largest absolute Gasteiger partial charge is 0.468 e. The molecule has 1 aromatic rings. The molecule has 1 N–H and O–H groups in total. The fourth-order valence-electron chi connectivity index (χ4n) is 3.23. The number of thioether (sulfide) groups is 1. The van der Waals surface area contributed by atoms with Crippen LogP contribution in [0.2, 0.25) is 0 Å². The van der Waals surface area contributed by atoms with Crippen LogP contribution in [0.4, 0.5) is 0 Å². The van der Waals surface area contributed by atoms with Gasteiger partial charge in [0.15, 0.2) is 0 Å². The summed E-state index contributed by atoms with van der Waals surface area (Å²) in [5, 5.41) is 4.23. The average Bonchev–Trinajstić information content (AvgIpc) is 2.98. The second-order valence-corrected chi connectivity index (χ2v) is 7.90. The summed E-state index contributed by atoms with van der Waals surface area (Å²) in [6.45, 7) is 7.20. The molecule has 114 valence electrons. The SMILES string of the molecule is CCC(C)(C)C1CCC(NC)C(SCc2ccco2)C1. The highest BCUT2D eigenvalue weighted by Crippen LogP contribution is 2.44. The van der Waals surface area contributed by atoms with Crippen LogP contribution >= 0.6 is 11.8 Å². The molecular formula is C17H29NOS. The van der Waals surface area contributed by atoms with Gasteiger partial charge in [-0.1, -0.05) is 27.2 Å². The molecule has 3 atom stereocenters. The van der Waals surface area contributed by atoms with Crippen molar-refractivity contribution < 1.29 is 4.42 Å². The van der Waals surface area contributed by atoms with E-state index in [2.05, 4.69) is 51.0 Å². The number of hydrogen-bond donors (Lipinski definition) is 1. The molecular weight excluding hydrogens is 266 g/mol. The summed E-state index contributed by atoms with van der Waals surface area (Å²) < 4.78 is 5.47. The Bertz CT molecular complexity index is 388. The van der Waals surface area contributed by atoms with E-state index in [1.165, 1.54) is 25.7 Å². The van der Waals surface area contributed by atoms with Crippen LogP contribution in [0.1, 0.15) is 52.2 Å². The summed E-state index contributed by atoms with van der Waals surface area (Å²) in [4.78, 5) is 0. The molecule has 0 radical (unpaired) electrons. The van der Waals surface area contributed by atoms with Crippen LogP contribution < -0.4 is 5.32 Å². The Balaban J connectivity index is 1.95. The standard InChI is InChI=1S/C17H29NOS/c1-5-17(2,3)13-8-9-15(18-4)16(11-13)20-12-14-7-6-10-19-14/h6-7,10,13,15-16,18H,5,8-9,11-12H2,1-4H3. The Hall–Kier alpha value is -0.410. The first-order chi connectivity index (χ1) is 9.56. The van der Waals surface area contributed by atoms with Crippen LogP contribution in [0.25, 0.3) is 0 Å². The van der Waals surface area contributed by atoms with Gasteiger partial charge in [-0.3, -0.25) is 0 Å². The van der Waals surface area contributed by atoms with E-state index >= 15 is 0 Å². The maximum Gasteiger partial charge on any atom is 0.113 e. The Morgan fingerprint density at radius 2 is 2.20 bits per heavy atom. The third-order valence-corrected chi connectivity index (χ3v) is 6.60. The summed E-state index contributed by atoms with van der Waals surface area (Å²) in [5.74, 6) is 2.95. The van der Waals surface area contributed by atoms with Crippen LogP contribution in [0.3, 0.4) is 0 Å². The Morgan fingerprint density at radius 3 is 2.80 bits per heavy atom. The maximum absolute atomic E-state index is 5.47. The van der Waals surface area contributed by atoms with Crippen LogP contribution in [0.5, 0.6) is 0 Å². The normalized spacial score (nSPS) is 27.7. The van der Waals surface area contributed by atoms with Gasteiger partial charge in [0.25, 0.3) is 0 Å². The van der Waals surface area contributed by atoms with Gasteiger partial charge < -0.3 is 9.73 Å². The van der Waals surface area contributed by atoms with Crippen molar-refractivity contribution in [3.05, 3.63) is 24.2 Å². The number of nitrogens with one attached hydrogen (secondary N) is 1. The molecule has 1 aliphatic rings. The van der Waals surface area contributed by atoms with Gasteiger partial charge in [0.2, 0.25) is 0 Å². The summed E-state index contributed by atoms with van der Waals surface area (Å²) in [7, 11) is 2.11. The van der Waals surface area contributed by atoms with Crippen molar-refractivity contribution in [1.29, 1.82) is 0 Å². The maximum atomic E-state index is 5.47. The van der Waals surface area contributed by atoms with E-state index in [9.17, 15) is 0 Å². The molecule has 20 heavy (non-hydrogen) atoms. The molecule has 0 spiro atoms. The highest BCUT2D eigenvalue weighted by atomic mass is 32.2. The number of hydrogen-bond acceptors (Lipinski definition) is 3. The van der Waals surface area contributed by atoms with Crippen molar-refractivity contribution in [1.82, 2.24) is 5.32 Å². The lowest BCUT2D eigenvalue weighted by molar-refractivity contribution is 0.142. The van der Waals surface area contributed by atoms with Crippen molar-refractivity contribution in [2.45, 2.75) is 63.5 Å². The molecule has 0 saturated heterocycles. The van der Waals surface area contributed by atoms with Gasteiger partial charge in [-0.15, -0.1) is 11.8 Å². The molecule has 1 heterocycles. The second kappa shape index (κ2) is 7.04. The lowest BCUT2D eigenvalue weighted by Gasteiger charge is -2.42. The molecule has 0 aliphatic heterocycles. The van der Waals surface area contributed by atoms with Crippen LogP contribution in [0, 0.1) is 11.3 Å². The lowest BCUT2D eigenvalue weighted by atomic mass is 9.68. The highest BCUT2D eigenvalue weighted by molar-refractivity contribution is 7.99. The van der Waals surface area contributed by atoms with Crippen LogP contribution in [0.15, 0.2) is 22.8 Å². The van der Waals surface area contributed by atoms with Crippen molar-refractivity contribution >= 4 is 11.8 Å². The monoisotopic (exact) mass is 295 g/mol. The molecule has 1 saturated carbocycles. The van der Waals surface area contributed by atoms with Gasteiger partial charge in [-0.25, -0.2) is 0 Å². The third kappa shape index (κ3) is 3.82. The third-order valence-electron chi connectivity index (χ3n) is 5.20. The highest BCUT2D eigenvalue weighted by Gasteiger charge is 2.36. The zero-order valence-corrected chi connectivity index (χ0v) is 14.1. The van der Waals surface area contributed by atoms with Crippen molar-refractivity contribution in [2.24, 2.45) is 11.3 Å². The molecule has 0 bridgehead atoms. The zero-order chi connectivity index (χ0) is 14.6. The number of rotatable bonds is 6. The van der Waals surface area contributed by atoms with Crippen LogP contribution in [-0.4, -0.2) is 18.3 Å². The van der Waals surface area contributed by atoms with Gasteiger partial charge in [-0.2, -0.15) is 0 Å². The first-order valence-corrected chi connectivity index (χ1v) is 8.93. The van der Waals surface area contributed by atoms with Crippen molar-refractivity contribution in [3.8, 4) is 0 Å². The molecule has 1 fully saturated rings. The summed E-state index contributed by atoms with van der Waals surface area (Å²) in [5.41, 5.74) is 0.474. The van der Waals surface area contributed by atoms with E-state index in [4.69, 9.17) is 4.42 Å². The summed E-state index contributed by atoms with van der Waals surface area (Å²) in [6.07, 6.45) is 7.05. The molecule has 3 unspecified atom stereocenters. The minimum atomic E-state index is 0.474. The minimum absolute atomic E-state index is 0.474. The van der Waals surface area contributed by atoms with Gasteiger partial charge in [0, 0.05) is 11.3 Å². The second-order valence-electron chi connectivity index (χ2n) is 6.68. The first-order valence-electron chi connectivity index (χ1n) is 7.88. The van der Waals surface area contributed by atoms with Crippen molar-refractivity contribution in [3.63, 3.8) is 0 Å². The molecule has 0 aromatic carbocycles. The molecule has 1 aromatic heterocycles. The Morgan fingerprint density at radius 1 is 1.40 bits per heavy atom. The average molecular weight is 295 g/mol. The van der Waals surface area contributed by atoms with E-state index in [0.29, 0.717) is 16.7 Å². The van der Waals surface area contributed by atoms with Gasteiger partial charge in [-0.05, 0) is 49.8 Å². The molecule has 0 amide bonds.